The van der Waals surface area contributed by atoms with E-state index in [1.54, 1.807) is 6.20 Å². The maximum atomic E-state index is 4.13. The van der Waals surface area contributed by atoms with E-state index in [9.17, 15) is 0 Å². The molecule has 14 heavy (non-hydrogen) atoms. The van der Waals surface area contributed by atoms with Gasteiger partial charge in [0.15, 0.2) is 5.95 Å². The normalized spacial score (nSPS) is 13.1. The van der Waals surface area contributed by atoms with E-state index in [4.69, 9.17) is 0 Å². The number of anilines is 1. The third-order valence-electron chi connectivity index (χ3n) is 2.30. The molecule has 0 radical (unpaired) electrons. The molecule has 80 valence electrons. The van der Waals surface area contributed by atoms with Gasteiger partial charge in [0.2, 0.25) is 0 Å². The lowest BCUT2D eigenvalue weighted by Gasteiger charge is -2.13. The molecule has 1 rings (SSSR count). The number of H-pyrrole nitrogens is 1. The predicted octanol–water partition coefficient (Wildman–Crippen LogP) is 3.04. The van der Waals surface area contributed by atoms with Gasteiger partial charge in [0, 0.05) is 18.4 Å². The van der Waals surface area contributed by atoms with Gasteiger partial charge >= 0.3 is 0 Å². The van der Waals surface area contributed by atoms with Gasteiger partial charge in [-0.2, -0.15) is 0 Å². The highest BCUT2D eigenvalue weighted by Gasteiger charge is 2.03. The van der Waals surface area contributed by atoms with Crippen LogP contribution in [0.5, 0.6) is 0 Å². The molecule has 3 heteroatoms. The summed E-state index contributed by atoms with van der Waals surface area (Å²) >= 11 is 0. The SMILES string of the molecule is CC(C)CCCC(C)Nc1ncc[nH]1. The van der Waals surface area contributed by atoms with Gasteiger partial charge in [-0.1, -0.05) is 26.7 Å². The smallest absolute Gasteiger partial charge is 0.200 e. The third kappa shape index (κ3) is 4.30. The minimum Gasteiger partial charge on any atom is -0.353 e. The second-order valence-corrected chi connectivity index (χ2v) is 4.31. The number of aromatic nitrogens is 2. The minimum atomic E-state index is 0.500. The van der Waals surface area contributed by atoms with E-state index < -0.39 is 0 Å². The first-order valence-corrected chi connectivity index (χ1v) is 5.44. The maximum absolute atomic E-state index is 4.13. The number of nitrogens with one attached hydrogen (secondary N) is 2. The second-order valence-electron chi connectivity index (χ2n) is 4.31. The average Bonchev–Trinajstić information content (AvgIpc) is 2.56. The van der Waals surface area contributed by atoms with Crippen molar-refractivity contribution in [2.75, 3.05) is 5.32 Å². The van der Waals surface area contributed by atoms with Crippen LogP contribution in [0.1, 0.15) is 40.0 Å². The molecule has 0 aliphatic carbocycles. The van der Waals surface area contributed by atoms with Gasteiger partial charge in [-0.15, -0.1) is 0 Å². The van der Waals surface area contributed by atoms with Crippen LogP contribution in [0, 0.1) is 5.92 Å². The van der Waals surface area contributed by atoms with Crippen molar-refractivity contribution < 1.29 is 0 Å². The fourth-order valence-corrected chi connectivity index (χ4v) is 1.48. The number of aromatic amines is 1. The zero-order valence-electron chi connectivity index (χ0n) is 9.38. The molecule has 0 bridgehead atoms. The van der Waals surface area contributed by atoms with Crippen molar-refractivity contribution in [1.82, 2.24) is 9.97 Å². The fraction of sp³-hybridized carbons (Fsp3) is 0.727. The van der Waals surface area contributed by atoms with Crippen LogP contribution in [0.3, 0.4) is 0 Å². The summed E-state index contributed by atoms with van der Waals surface area (Å²) in [5.74, 6) is 1.69. The van der Waals surface area contributed by atoms with E-state index in [1.807, 2.05) is 6.20 Å². The fourth-order valence-electron chi connectivity index (χ4n) is 1.48. The number of nitrogens with zero attached hydrogens (tertiary/aromatic N) is 1. The van der Waals surface area contributed by atoms with E-state index in [0.29, 0.717) is 6.04 Å². The molecule has 0 aromatic carbocycles. The number of rotatable bonds is 6. The van der Waals surface area contributed by atoms with Crippen LogP contribution < -0.4 is 5.32 Å². The molecule has 0 aliphatic heterocycles. The van der Waals surface area contributed by atoms with Crippen molar-refractivity contribution in [3.8, 4) is 0 Å². The van der Waals surface area contributed by atoms with Crippen LogP contribution in [0.15, 0.2) is 12.4 Å². The summed E-state index contributed by atoms with van der Waals surface area (Å²) < 4.78 is 0. The summed E-state index contributed by atoms with van der Waals surface area (Å²) in [4.78, 5) is 7.18. The highest BCUT2D eigenvalue weighted by atomic mass is 15.1. The molecule has 0 aliphatic rings. The molecule has 1 atom stereocenters. The first-order chi connectivity index (χ1) is 6.68. The highest BCUT2D eigenvalue weighted by Crippen LogP contribution is 2.10. The van der Waals surface area contributed by atoms with E-state index in [1.165, 1.54) is 19.3 Å². The standard InChI is InChI=1S/C11H21N3/c1-9(2)5-4-6-10(3)14-11-12-7-8-13-11/h7-10H,4-6H2,1-3H3,(H2,12,13,14). The maximum Gasteiger partial charge on any atom is 0.200 e. The third-order valence-corrected chi connectivity index (χ3v) is 2.30. The molecule has 0 spiro atoms. The zero-order chi connectivity index (χ0) is 10.4. The topological polar surface area (TPSA) is 40.7 Å². The van der Waals surface area contributed by atoms with Gasteiger partial charge in [0.1, 0.15) is 0 Å². The number of hydrogen-bond acceptors (Lipinski definition) is 2. The molecule has 1 aromatic rings. The van der Waals surface area contributed by atoms with E-state index in [-0.39, 0.29) is 0 Å². The van der Waals surface area contributed by atoms with Crippen molar-refractivity contribution in [2.45, 2.75) is 46.1 Å². The molecule has 3 nitrogen and oxygen atoms in total. The van der Waals surface area contributed by atoms with Crippen LogP contribution in [0.4, 0.5) is 5.95 Å². The lowest BCUT2D eigenvalue weighted by Crippen LogP contribution is -2.16. The molecule has 0 saturated heterocycles. The van der Waals surface area contributed by atoms with E-state index in [2.05, 4.69) is 36.1 Å². The Balaban J connectivity index is 2.13. The van der Waals surface area contributed by atoms with Crippen LogP contribution >= 0.6 is 0 Å². The Morgan fingerprint density at radius 3 is 2.71 bits per heavy atom. The van der Waals surface area contributed by atoms with Gasteiger partial charge in [-0.3, -0.25) is 0 Å². The van der Waals surface area contributed by atoms with E-state index in [0.717, 1.165) is 11.9 Å². The number of imidazole rings is 1. The Bertz CT molecular complexity index is 229. The minimum absolute atomic E-state index is 0.500. The largest absolute Gasteiger partial charge is 0.353 e. The molecule has 0 amide bonds. The molecular formula is C11H21N3. The van der Waals surface area contributed by atoms with Crippen LogP contribution in [-0.2, 0) is 0 Å². The van der Waals surface area contributed by atoms with Gasteiger partial charge in [0.05, 0.1) is 0 Å². The summed E-state index contributed by atoms with van der Waals surface area (Å²) in [6.07, 6.45) is 7.40. The monoisotopic (exact) mass is 195 g/mol. The van der Waals surface area contributed by atoms with Gasteiger partial charge in [-0.25, -0.2) is 4.98 Å². The van der Waals surface area contributed by atoms with Crippen molar-refractivity contribution in [3.63, 3.8) is 0 Å². The predicted molar refractivity (Wildman–Crippen MR) is 60.4 cm³/mol. The lowest BCUT2D eigenvalue weighted by molar-refractivity contribution is 0.519. The lowest BCUT2D eigenvalue weighted by atomic mass is 10.0. The van der Waals surface area contributed by atoms with Gasteiger partial charge in [-0.05, 0) is 19.3 Å². The summed E-state index contributed by atoms with van der Waals surface area (Å²) in [7, 11) is 0. The molecule has 1 unspecified atom stereocenters. The van der Waals surface area contributed by atoms with Crippen LogP contribution in [0.25, 0.3) is 0 Å². The van der Waals surface area contributed by atoms with Crippen molar-refractivity contribution in [1.29, 1.82) is 0 Å². The zero-order valence-corrected chi connectivity index (χ0v) is 9.38. The van der Waals surface area contributed by atoms with E-state index >= 15 is 0 Å². The molecule has 1 aromatic heterocycles. The molecule has 1 heterocycles. The van der Waals surface area contributed by atoms with Crippen molar-refractivity contribution >= 4 is 5.95 Å². The van der Waals surface area contributed by atoms with Gasteiger partial charge < -0.3 is 10.3 Å². The summed E-state index contributed by atoms with van der Waals surface area (Å²) in [6, 6.07) is 0.500. The first-order valence-electron chi connectivity index (χ1n) is 5.44. The molecule has 0 saturated carbocycles. The Kier molecular flexibility index (Phi) is 4.50. The Morgan fingerprint density at radius 2 is 2.14 bits per heavy atom. The molecule has 2 N–H and O–H groups in total. The Labute approximate surface area is 86.3 Å². The summed E-state index contributed by atoms with van der Waals surface area (Å²) in [5, 5.41) is 3.33. The average molecular weight is 195 g/mol. The summed E-state index contributed by atoms with van der Waals surface area (Å²) in [6.45, 7) is 6.73. The first kappa shape index (κ1) is 11.1. The quantitative estimate of drug-likeness (QED) is 0.732. The van der Waals surface area contributed by atoms with Crippen LogP contribution in [0.2, 0.25) is 0 Å². The Hall–Kier alpha value is -0.990. The molecular weight excluding hydrogens is 174 g/mol. The number of hydrogen-bond donors (Lipinski definition) is 2. The van der Waals surface area contributed by atoms with Crippen LogP contribution in [-0.4, -0.2) is 16.0 Å². The summed E-state index contributed by atoms with van der Waals surface area (Å²) in [5.41, 5.74) is 0. The van der Waals surface area contributed by atoms with Crippen molar-refractivity contribution in [2.24, 2.45) is 5.92 Å². The van der Waals surface area contributed by atoms with Gasteiger partial charge in [0.25, 0.3) is 0 Å². The molecule has 0 fully saturated rings. The Morgan fingerprint density at radius 1 is 1.36 bits per heavy atom. The second kappa shape index (κ2) is 5.68. The van der Waals surface area contributed by atoms with Crippen molar-refractivity contribution in [3.05, 3.63) is 12.4 Å². The highest BCUT2D eigenvalue weighted by molar-refractivity contribution is 5.23.